The summed E-state index contributed by atoms with van der Waals surface area (Å²) in [6.07, 6.45) is 15.3. The Balaban J connectivity index is 1.33. The van der Waals surface area contributed by atoms with E-state index in [-0.39, 0.29) is 17.6 Å². The Morgan fingerprint density at radius 3 is 2.16 bits per heavy atom. The molecule has 1 aromatic carbocycles. The van der Waals surface area contributed by atoms with Crippen LogP contribution in [0.3, 0.4) is 0 Å². The Morgan fingerprint density at radius 2 is 1.52 bits per heavy atom. The zero-order valence-corrected chi connectivity index (χ0v) is 19.4. The van der Waals surface area contributed by atoms with Gasteiger partial charge in [-0.1, -0.05) is 39.5 Å². The fraction of sp³-hybridized carbons (Fsp3) is 0.778. The van der Waals surface area contributed by atoms with Crippen LogP contribution >= 0.6 is 0 Å². The molecule has 4 heteroatoms. The van der Waals surface area contributed by atoms with Crippen molar-refractivity contribution in [1.29, 1.82) is 0 Å². The number of ether oxygens (including phenoxy) is 2. The smallest absolute Gasteiger partial charge is 0.204 e. The quantitative estimate of drug-likeness (QED) is 0.407. The molecule has 0 amide bonds. The Bertz CT molecular complexity index is 718. The van der Waals surface area contributed by atoms with Gasteiger partial charge >= 0.3 is 0 Å². The van der Waals surface area contributed by atoms with Gasteiger partial charge in [-0.3, -0.25) is 0 Å². The van der Waals surface area contributed by atoms with E-state index in [1.807, 2.05) is 6.92 Å². The standard InChI is InChI=1S/C27H40F2O2/c1-3-5-16-30-24-17-22-14-15-23(31-27(22)26(29)25(24)28)21-12-10-20(11-13-21)19-8-6-18(4-2)7-9-19/h17-21,23H,3-16H2,1-2H3. The zero-order chi connectivity index (χ0) is 21.8. The number of benzene rings is 1. The molecule has 1 atom stereocenters. The second-order valence-corrected chi connectivity index (χ2v) is 10.3. The van der Waals surface area contributed by atoms with Gasteiger partial charge in [-0.15, -0.1) is 0 Å². The van der Waals surface area contributed by atoms with E-state index >= 15 is 0 Å². The summed E-state index contributed by atoms with van der Waals surface area (Å²) < 4.78 is 40.9. The normalized spacial score (nSPS) is 31.0. The van der Waals surface area contributed by atoms with Gasteiger partial charge in [0.1, 0.15) is 6.10 Å². The molecule has 0 radical (unpaired) electrons. The minimum Gasteiger partial charge on any atom is -0.490 e. The minimum absolute atomic E-state index is 0.0186. The van der Waals surface area contributed by atoms with E-state index in [9.17, 15) is 8.78 Å². The van der Waals surface area contributed by atoms with Crippen LogP contribution in [0, 0.1) is 35.3 Å². The van der Waals surface area contributed by atoms with Crippen LogP contribution in [0.2, 0.25) is 0 Å². The third kappa shape index (κ3) is 5.20. The molecular formula is C27H40F2O2. The molecule has 0 bridgehead atoms. The highest BCUT2D eigenvalue weighted by Crippen LogP contribution is 2.45. The number of hydrogen-bond donors (Lipinski definition) is 0. The van der Waals surface area contributed by atoms with E-state index in [0.29, 0.717) is 12.5 Å². The van der Waals surface area contributed by atoms with Crippen molar-refractivity contribution in [3.63, 3.8) is 0 Å². The summed E-state index contributed by atoms with van der Waals surface area (Å²) in [5.74, 6) is 1.60. The number of rotatable bonds is 7. The molecule has 1 aromatic rings. The van der Waals surface area contributed by atoms with Gasteiger partial charge in [-0.05, 0) is 87.5 Å². The Kier molecular flexibility index (Phi) is 7.77. The van der Waals surface area contributed by atoms with Crippen LogP contribution in [0.5, 0.6) is 11.5 Å². The minimum atomic E-state index is -0.901. The van der Waals surface area contributed by atoms with Gasteiger partial charge in [0.05, 0.1) is 6.61 Å². The molecule has 31 heavy (non-hydrogen) atoms. The highest BCUT2D eigenvalue weighted by molar-refractivity contribution is 5.44. The lowest BCUT2D eigenvalue weighted by molar-refractivity contribution is 0.0562. The van der Waals surface area contributed by atoms with Crippen LogP contribution in [0.4, 0.5) is 8.78 Å². The van der Waals surface area contributed by atoms with Crippen molar-refractivity contribution >= 4 is 0 Å². The van der Waals surface area contributed by atoms with Crippen LogP contribution in [0.1, 0.15) is 96.5 Å². The van der Waals surface area contributed by atoms with Crippen molar-refractivity contribution in [3.05, 3.63) is 23.3 Å². The molecule has 2 saturated carbocycles. The maximum atomic E-state index is 14.8. The molecule has 2 nitrogen and oxygen atoms in total. The van der Waals surface area contributed by atoms with Gasteiger partial charge < -0.3 is 9.47 Å². The SMILES string of the molecule is CCCCOc1cc2c(c(F)c1F)OC(C1CCC(C3CCC(CC)CC3)CC1)CC2. The molecule has 2 fully saturated rings. The molecule has 0 aromatic heterocycles. The van der Waals surface area contributed by atoms with Crippen molar-refractivity contribution < 1.29 is 18.3 Å². The van der Waals surface area contributed by atoms with Crippen molar-refractivity contribution in [2.75, 3.05) is 6.61 Å². The molecule has 0 N–H and O–H groups in total. The van der Waals surface area contributed by atoms with Crippen molar-refractivity contribution in [2.24, 2.45) is 23.7 Å². The van der Waals surface area contributed by atoms with Crippen LogP contribution in [0.25, 0.3) is 0 Å². The molecule has 1 unspecified atom stereocenters. The molecule has 1 aliphatic heterocycles. The lowest BCUT2D eigenvalue weighted by Gasteiger charge is -2.40. The lowest BCUT2D eigenvalue weighted by atomic mass is 9.68. The fourth-order valence-corrected chi connectivity index (χ4v) is 6.28. The number of halogens is 2. The van der Waals surface area contributed by atoms with Crippen LogP contribution < -0.4 is 9.47 Å². The van der Waals surface area contributed by atoms with Crippen molar-refractivity contribution in [2.45, 2.75) is 103 Å². The predicted molar refractivity (Wildman–Crippen MR) is 121 cm³/mol. The van der Waals surface area contributed by atoms with Crippen LogP contribution in [0.15, 0.2) is 6.07 Å². The van der Waals surface area contributed by atoms with Crippen LogP contribution in [-0.2, 0) is 6.42 Å². The topological polar surface area (TPSA) is 18.5 Å². The third-order valence-electron chi connectivity index (χ3n) is 8.41. The van der Waals surface area contributed by atoms with Gasteiger partial charge in [-0.25, -0.2) is 0 Å². The molecule has 1 heterocycles. The van der Waals surface area contributed by atoms with E-state index in [1.54, 1.807) is 6.07 Å². The first-order chi connectivity index (χ1) is 15.1. The van der Waals surface area contributed by atoms with Gasteiger partial charge in [0, 0.05) is 5.56 Å². The Morgan fingerprint density at radius 1 is 0.871 bits per heavy atom. The molecule has 4 rings (SSSR count). The summed E-state index contributed by atoms with van der Waals surface area (Å²) in [5.41, 5.74) is 0.753. The number of aryl methyl sites for hydroxylation is 1. The average molecular weight is 435 g/mol. The van der Waals surface area contributed by atoms with E-state index in [1.165, 1.54) is 57.8 Å². The van der Waals surface area contributed by atoms with E-state index in [0.717, 1.165) is 49.0 Å². The van der Waals surface area contributed by atoms with Crippen LogP contribution in [-0.4, -0.2) is 12.7 Å². The maximum absolute atomic E-state index is 14.8. The first-order valence-electron chi connectivity index (χ1n) is 12.9. The number of unbranched alkanes of at least 4 members (excludes halogenated alkanes) is 1. The summed E-state index contributed by atoms with van der Waals surface area (Å²) >= 11 is 0. The van der Waals surface area contributed by atoms with Crippen molar-refractivity contribution in [1.82, 2.24) is 0 Å². The summed E-state index contributed by atoms with van der Waals surface area (Å²) in [7, 11) is 0. The Hall–Kier alpha value is -1.32. The van der Waals surface area contributed by atoms with Crippen molar-refractivity contribution in [3.8, 4) is 11.5 Å². The molecule has 0 saturated heterocycles. The van der Waals surface area contributed by atoms with E-state index < -0.39 is 11.6 Å². The van der Waals surface area contributed by atoms with Gasteiger partial charge in [0.15, 0.2) is 11.5 Å². The second-order valence-electron chi connectivity index (χ2n) is 10.3. The number of hydrogen-bond acceptors (Lipinski definition) is 2. The first-order valence-corrected chi connectivity index (χ1v) is 12.9. The Labute approximate surface area is 187 Å². The second kappa shape index (κ2) is 10.5. The predicted octanol–water partition coefficient (Wildman–Crippen LogP) is 7.86. The maximum Gasteiger partial charge on any atom is 0.204 e. The molecule has 0 spiro atoms. The zero-order valence-electron chi connectivity index (χ0n) is 19.4. The molecular weight excluding hydrogens is 394 g/mol. The monoisotopic (exact) mass is 434 g/mol. The van der Waals surface area contributed by atoms with E-state index in [2.05, 4.69) is 6.92 Å². The molecule has 3 aliphatic rings. The highest BCUT2D eigenvalue weighted by atomic mass is 19.2. The van der Waals surface area contributed by atoms with Gasteiger partial charge in [0.25, 0.3) is 0 Å². The average Bonchev–Trinajstić information content (AvgIpc) is 2.82. The first kappa shape index (κ1) is 22.9. The highest BCUT2D eigenvalue weighted by Gasteiger charge is 2.36. The van der Waals surface area contributed by atoms with Gasteiger partial charge in [0.2, 0.25) is 11.6 Å². The number of fused-ring (bicyclic) bond motifs is 1. The third-order valence-corrected chi connectivity index (χ3v) is 8.41. The lowest BCUT2D eigenvalue weighted by Crippen LogP contribution is -2.35. The summed E-state index contributed by atoms with van der Waals surface area (Å²) in [6, 6.07) is 1.66. The van der Waals surface area contributed by atoms with Gasteiger partial charge in [-0.2, -0.15) is 8.78 Å². The fourth-order valence-electron chi connectivity index (χ4n) is 6.28. The largest absolute Gasteiger partial charge is 0.490 e. The van der Waals surface area contributed by atoms with E-state index in [4.69, 9.17) is 9.47 Å². The summed E-state index contributed by atoms with van der Waals surface area (Å²) in [4.78, 5) is 0. The summed E-state index contributed by atoms with van der Waals surface area (Å²) in [6.45, 7) is 4.79. The molecule has 174 valence electrons. The summed E-state index contributed by atoms with van der Waals surface area (Å²) in [5, 5.41) is 0. The molecule has 2 aliphatic carbocycles.